The Bertz CT molecular complexity index is 846. The Hall–Kier alpha value is -2.63. The van der Waals surface area contributed by atoms with Gasteiger partial charge in [0.2, 0.25) is 0 Å². The number of fused-ring (bicyclic) bond motifs is 2. The number of aliphatic imine (C=N–C) groups is 1. The van der Waals surface area contributed by atoms with Crippen LogP contribution in [0, 0.1) is 28.6 Å². The average molecular weight is 469 g/mol. The number of carbonyl (C=O) groups excluding carboxylic acids is 1. The summed E-state index contributed by atoms with van der Waals surface area (Å²) < 4.78 is 40.7. The third kappa shape index (κ3) is 4.71. The molecule has 4 fully saturated rings. The van der Waals surface area contributed by atoms with Gasteiger partial charge in [-0.05, 0) is 44.4 Å². The molecule has 2 saturated heterocycles. The summed E-state index contributed by atoms with van der Waals surface area (Å²) in [5.74, 6) is -2.72. The fraction of sp³-hybridized carbons (Fsp3) is 0.714. The standard InChI is InChI=1S/C21H31F3N8O/c1-13-8-15-11-20(10-13,12-31-7-6-28-30-31)32(15)19(33)29-14-2-3-17(21(22,23)24)16(9-14)18(26)27-5-4-25/h4-7,13-17,25-26,28,30H,2-3,8-12H2,1H3,(H,29,33). The van der Waals surface area contributed by atoms with Crippen molar-refractivity contribution in [2.24, 2.45) is 22.7 Å². The number of rotatable bonds is 5. The highest BCUT2D eigenvalue weighted by molar-refractivity contribution is 6.17. The van der Waals surface area contributed by atoms with Crippen LogP contribution in [0.2, 0.25) is 0 Å². The van der Waals surface area contributed by atoms with E-state index in [-0.39, 0.29) is 36.9 Å². The highest BCUT2D eigenvalue weighted by Gasteiger charge is 2.59. The molecule has 2 aliphatic carbocycles. The topological polar surface area (TPSA) is 120 Å². The summed E-state index contributed by atoms with van der Waals surface area (Å²) >= 11 is 0. The van der Waals surface area contributed by atoms with Gasteiger partial charge in [-0.25, -0.2) is 9.79 Å². The maximum atomic E-state index is 13.6. The molecule has 0 spiro atoms. The number of urea groups is 1. The number of amidine groups is 1. The lowest BCUT2D eigenvalue weighted by atomic mass is 9.64. The largest absolute Gasteiger partial charge is 0.392 e. The second kappa shape index (κ2) is 8.96. The molecular formula is C21H31F3N8O. The molecule has 2 bridgehead atoms. The van der Waals surface area contributed by atoms with Gasteiger partial charge in [0.15, 0.2) is 0 Å². The fourth-order valence-electron chi connectivity index (χ4n) is 6.20. The van der Waals surface area contributed by atoms with Crippen LogP contribution in [-0.2, 0) is 0 Å². The van der Waals surface area contributed by atoms with Gasteiger partial charge in [-0.1, -0.05) is 6.92 Å². The van der Waals surface area contributed by atoms with Gasteiger partial charge in [-0.15, -0.1) is 5.53 Å². The van der Waals surface area contributed by atoms with E-state index in [1.165, 1.54) is 0 Å². The van der Waals surface area contributed by atoms with E-state index in [0.29, 0.717) is 12.5 Å². The first-order valence-corrected chi connectivity index (χ1v) is 11.4. The molecule has 3 heterocycles. The minimum absolute atomic E-state index is 0.00629. The Balaban J connectivity index is 1.45. The second-order valence-corrected chi connectivity index (χ2v) is 9.74. The number of amides is 2. The van der Waals surface area contributed by atoms with E-state index < -0.39 is 29.9 Å². The molecule has 0 radical (unpaired) electrons. The molecule has 6 unspecified atom stereocenters. The number of hydrazine groups is 2. The van der Waals surface area contributed by atoms with Crippen molar-refractivity contribution < 1.29 is 18.0 Å². The van der Waals surface area contributed by atoms with Crippen molar-refractivity contribution in [1.29, 1.82) is 10.8 Å². The zero-order chi connectivity index (χ0) is 23.8. The smallest absolute Gasteiger partial charge is 0.335 e. The first kappa shape index (κ1) is 23.5. The van der Waals surface area contributed by atoms with Crippen LogP contribution in [0.3, 0.4) is 0 Å². The molecule has 2 amide bonds. The molecule has 5 rings (SSSR count). The van der Waals surface area contributed by atoms with Gasteiger partial charge >= 0.3 is 12.2 Å². The van der Waals surface area contributed by atoms with Crippen molar-refractivity contribution >= 4 is 24.3 Å². The predicted octanol–water partition coefficient (Wildman–Crippen LogP) is 2.78. The van der Waals surface area contributed by atoms with E-state index in [1.54, 1.807) is 6.20 Å². The van der Waals surface area contributed by atoms with E-state index in [9.17, 15) is 18.0 Å². The summed E-state index contributed by atoms with van der Waals surface area (Å²) in [6.07, 6.45) is 3.80. The molecule has 182 valence electrons. The molecule has 2 saturated carbocycles. The molecule has 3 aliphatic heterocycles. The number of nitrogens with zero attached hydrogens (tertiary/aromatic N) is 3. The molecular weight excluding hydrogens is 437 g/mol. The summed E-state index contributed by atoms with van der Waals surface area (Å²) in [5.41, 5.74) is 5.60. The van der Waals surface area contributed by atoms with Crippen LogP contribution < -0.4 is 16.3 Å². The van der Waals surface area contributed by atoms with Crippen LogP contribution in [-0.4, -0.2) is 64.5 Å². The SMILES string of the molecule is CC1CC2CC(CN3C=CNN3)(C1)N2C(=O)NC1CCC(C(F)(F)F)C(C(=N)N=CC=N)C1. The van der Waals surface area contributed by atoms with Gasteiger partial charge in [0.05, 0.1) is 18.0 Å². The Labute approximate surface area is 190 Å². The normalized spacial score (nSPS) is 35.8. The van der Waals surface area contributed by atoms with Crippen LogP contribution in [0.5, 0.6) is 0 Å². The molecule has 5 N–H and O–H groups in total. The van der Waals surface area contributed by atoms with Crippen molar-refractivity contribution in [2.75, 3.05) is 6.54 Å². The molecule has 12 heteroatoms. The van der Waals surface area contributed by atoms with Gasteiger partial charge in [0, 0.05) is 42.8 Å². The van der Waals surface area contributed by atoms with Crippen molar-refractivity contribution in [3.05, 3.63) is 12.4 Å². The number of alkyl halides is 3. The van der Waals surface area contributed by atoms with Gasteiger partial charge in [0.25, 0.3) is 0 Å². The first-order chi connectivity index (χ1) is 15.6. The molecule has 0 aromatic heterocycles. The summed E-state index contributed by atoms with van der Waals surface area (Å²) in [5, 5.41) is 19.9. The Morgan fingerprint density at radius 3 is 2.79 bits per heavy atom. The summed E-state index contributed by atoms with van der Waals surface area (Å²) in [7, 11) is 0. The van der Waals surface area contributed by atoms with Gasteiger partial charge in [-0.2, -0.15) is 13.2 Å². The summed E-state index contributed by atoms with van der Waals surface area (Å²) in [4.78, 5) is 18.9. The Morgan fingerprint density at radius 2 is 2.12 bits per heavy atom. The van der Waals surface area contributed by atoms with Crippen molar-refractivity contribution in [3.8, 4) is 0 Å². The monoisotopic (exact) mass is 468 g/mol. The summed E-state index contributed by atoms with van der Waals surface area (Å²) in [6, 6.07) is -0.567. The Morgan fingerprint density at radius 1 is 1.33 bits per heavy atom. The van der Waals surface area contributed by atoms with E-state index in [4.69, 9.17) is 10.8 Å². The van der Waals surface area contributed by atoms with Gasteiger partial charge in [-0.3, -0.25) is 10.4 Å². The molecule has 5 aliphatic rings. The van der Waals surface area contributed by atoms with Crippen molar-refractivity contribution in [2.45, 2.75) is 69.2 Å². The van der Waals surface area contributed by atoms with Crippen LogP contribution in [0.25, 0.3) is 0 Å². The lowest BCUT2D eigenvalue weighted by Gasteiger charge is -2.64. The molecule has 0 aromatic carbocycles. The minimum atomic E-state index is -4.44. The first-order valence-electron chi connectivity index (χ1n) is 11.4. The quantitative estimate of drug-likeness (QED) is 0.315. The molecule has 0 aromatic rings. The number of hydrogen-bond acceptors (Lipinski definition) is 6. The zero-order valence-corrected chi connectivity index (χ0v) is 18.5. The van der Waals surface area contributed by atoms with Crippen LogP contribution in [0.4, 0.5) is 18.0 Å². The Kier molecular flexibility index (Phi) is 6.39. The molecule has 33 heavy (non-hydrogen) atoms. The zero-order valence-electron chi connectivity index (χ0n) is 18.5. The number of halogens is 3. The van der Waals surface area contributed by atoms with E-state index in [0.717, 1.165) is 31.7 Å². The maximum absolute atomic E-state index is 13.6. The highest BCUT2D eigenvalue weighted by atomic mass is 19.4. The second-order valence-electron chi connectivity index (χ2n) is 9.74. The lowest BCUT2D eigenvalue weighted by Crippen LogP contribution is -2.76. The number of hydrogen-bond donors (Lipinski definition) is 5. The van der Waals surface area contributed by atoms with Crippen LogP contribution >= 0.6 is 0 Å². The van der Waals surface area contributed by atoms with Crippen LogP contribution in [0.1, 0.15) is 45.4 Å². The average Bonchev–Trinajstić information content (AvgIpc) is 3.23. The van der Waals surface area contributed by atoms with E-state index in [2.05, 4.69) is 28.2 Å². The maximum Gasteiger partial charge on any atom is 0.392 e. The minimum Gasteiger partial charge on any atom is -0.335 e. The third-order valence-electron chi connectivity index (χ3n) is 7.36. The fourth-order valence-corrected chi connectivity index (χ4v) is 6.20. The number of piperidine rings is 1. The lowest BCUT2D eigenvalue weighted by molar-refractivity contribution is -0.190. The van der Waals surface area contributed by atoms with Gasteiger partial charge < -0.3 is 21.1 Å². The highest BCUT2D eigenvalue weighted by Crippen LogP contribution is 2.50. The van der Waals surface area contributed by atoms with E-state index >= 15 is 0 Å². The van der Waals surface area contributed by atoms with Crippen LogP contribution in [0.15, 0.2) is 17.4 Å². The van der Waals surface area contributed by atoms with Crippen molar-refractivity contribution in [1.82, 2.24) is 26.2 Å². The molecule has 6 atom stereocenters. The predicted molar refractivity (Wildman–Crippen MR) is 118 cm³/mol. The van der Waals surface area contributed by atoms with Gasteiger partial charge in [0.1, 0.15) is 5.84 Å². The number of carbonyl (C=O) groups is 1. The molecule has 9 nitrogen and oxygen atoms in total. The third-order valence-corrected chi connectivity index (χ3v) is 7.36. The number of nitrogens with one attached hydrogen (secondary N) is 5. The van der Waals surface area contributed by atoms with E-state index in [1.807, 2.05) is 16.1 Å². The van der Waals surface area contributed by atoms with Crippen molar-refractivity contribution in [3.63, 3.8) is 0 Å². The summed E-state index contributed by atoms with van der Waals surface area (Å²) in [6.45, 7) is 2.81.